The summed E-state index contributed by atoms with van der Waals surface area (Å²) in [6.45, 7) is 1.00. The average Bonchev–Trinajstić information content (AvgIpc) is 2.59. The molecular weight excluding hydrogens is 286 g/mol. The van der Waals surface area contributed by atoms with Crippen LogP contribution in [0.2, 0.25) is 0 Å². The van der Waals surface area contributed by atoms with Gasteiger partial charge >= 0.3 is 11.9 Å². The zero-order valence-corrected chi connectivity index (χ0v) is 12.7. The fraction of sp³-hybridized carbons (Fsp3) is 0.438. The zero-order valence-electron chi connectivity index (χ0n) is 12.7. The Morgan fingerprint density at radius 2 is 1.68 bits per heavy atom. The van der Waals surface area contributed by atoms with Gasteiger partial charge in [-0.25, -0.2) is 4.79 Å². The molecule has 0 radical (unpaired) electrons. The molecule has 0 saturated carbocycles. The number of ether oxygens (including phenoxy) is 2. The minimum absolute atomic E-state index is 0.143. The zero-order chi connectivity index (χ0) is 16.1. The Hall–Kier alpha value is -2.37. The fourth-order valence-electron chi connectivity index (χ4n) is 2.56. The molecule has 0 bridgehead atoms. The predicted molar refractivity (Wildman–Crippen MR) is 78.4 cm³/mol. The maximum Gasteiger partial charge on any atom is 0.337 e. The lowest BCUT2D eigenvalue weighted by atomic mass is 9.96. The summed E-state index contributed by atoms with van der Waals surface area (Å²) in [6.07, 6.45) is 1.18. The van der Waals surface area contributed by atoms with Gasteiger partial charge in [0.25, 0.3) is 5.91 Å². The Morgan fingerprint density at radius 3 is 2.27 bits per heavy atom. The Balaban J connectivity index is 2.04. The summed E-state index contributed by atoms with van der Waals surface area (Å²) < 4.78 is 9.38. The number of piperidine rings is 1. The van der Waals surface area contributed by atoms with Crippen LogP contribution in [0.4, 0.5) is 0 Å². The van der Waals surface area contributed by atoms with Crippen LogP contribution in [0, 0.1) is 5.92 Å². The number of hydrogen-bond acceptors (Lipinski definition) is 5. The second-order valence-corrected chi connectivity index (χ2v) is 5.16. The summed E-state index contributed by atoms with van der Waals surface area (Å²) in [7, 11) is 2.67. The summed E-state index contributed by atoms with van der Waals surface area (Å²) in [6, 6.07) is 6.45. The van der Waals surface area contributed by atoms with E-state index in [1.807, 2.05) is 0 Å². The molecule has 0 aromatic heterocycles. The average molecular weight is 305 g/mol. The van der Waals surface area contributed by atoms with Crippen molar-refractivity contribution in [2.24, 2.45) is 5.92 Å². The molecule has 1 aliphatic rings. The van der Waals surface area contributed by atoms with Crippen molar-refractivity contribution >= 4 is 17.8 Å². The van der Waals surface area contributed by atoms with Crippen LogP contribution in [-0.2, 0) is 14.3 Å². The molecule has 22 heavy (non-hydrogen) atoms. The molecule has 118 valence electrons. The van der Waals surface area contributed by atoms with Crippen LogP contribution >= 0.6 is 0 Å². The van der Waals surface area contributed by atoms with E-state index in [1.54, 1.807) is 23.1 Å². The topological polar surface area (TPSA) is 72.9 Å². The SMILES string of the molecule is COC(=O)c1cccc(C(=O)N2CCC(C(=O)OC)CC2)c1. The van der Waals surface area contributed by atoms with E-state index in [9.17, 15) is 14.4 Å². The molecule has 1 aromatic carbocycles. The lowest BCUT2D eigenvalue weighted by Crippen LogP contribution is -2.40. The molecule has 1 fully saturated rings. The van der Waals surface area contributed by atoms with Gasteiger partial charge in [0, 0.05) is 18.7 Å². The smallest absolute Gasteiger partial charge is 0.337 e. The van der Waals surface area contributed by atoms with Crippen molar-refractivity contribution < 1.29 is 23.9 Å². The molecule has 6 nitrogen and oxygen atoms in total. The number of carbonyl (C=O) groups excluding carboxylic acids is 3. The molecule has 1 heterocycles. The highest BCUT2D eigenvalue weighted by atomic mass is 16.5. The first-order valence-electron chi connectivity index (χ1n) is 7.12. The number of amides is 1. The van der Waals surface area contributed by atoms with Gasteiger partial charge in [0.05, 0.1) is 25.7 Å². The minimum atomic E-state index is -0.473. The molecule has 0 unspecified atom stereocenters. The predicted octanol–water partition coefficient (Wildman–Crippen LogP) is 1.50. The molecule has 1 saturated heterocycles. The Labute approximate surface area is 129 Å². The first-order valence-corrected chi connectivity index (χ1v) is 7.12. The maximum atomic E-state index is 12.5. The number of carbonyl (C=O) groups is 3. The van der Waals surface area contributed by atoms with E-state index in [0.29, 0.717) is 37.1 Å². The highest BCUT2D eigenvalue weighted by molar-refractivity contribution is 5.98. The second kappa shape index (κ2) is 7.06. The molecule has 2 rings (SSSR count). The monoisotopic (exact) mass is 305 g/mol. The summed E-state index contributed by atoms with van der Waals surface area (Å²) in [5, 5.41) is 0. The van der Waals surface area contributed by atoms with Crippen molar-refractivity contribution in [3.63, 3.8) is 0 Å². The quantitative estimate of drug-likeness (QED) is 0.791. The number of hydrogen-bond donors (Lipinski definition) is 0. The minimum Gasteiger partial charge on any atom is -0.469 e. The van der Waals surface area contributed by atoms with Gasteiger partial charge in [-0.2, -0.15) is 0 Å². The van der Waals surface area contributed by atoms with Gasteiger partial charge in [0.15, 0.2) is 0 Å². The van der Waals surface area contributed by atoms with Crippen molar-refractivity contribution in [3.05, 3.63) is 35.4 Å². The Kier molecular flexibility index (Phi) is 5.14. The van der Waals surface area contributed by atoms with Crippen LogP contribution in [-0.4, -0.2) is 50.1 Å². The second-order valence-electron chi connectivity index (χ2n) is 5.16. The third-order valence-corrected chi connectivity index (χ3v) is 3.85. The number of nitrogens with zero attached hydrogens (tertiary/aromatic N) is 1. The van der Waals surface area contributed by atoms with Crippen molar-refractivity contribution in [2.45, 2.75) is 12.8 Å². The summed E-state index contributed by atoms with van der Waals surface area (Å²) in [5.41, 5.74) is 0.789. The van der Waals surface area contributed by atoms with Crippen molar-refractivity contribution in [1.29, 1.82) is 0 Å². The number of rotatable bonds is 3. The van der Waals surface area contributed by atoms with Crippen molar-refractivity contribution in [1.82, 2.24) is 4.90 Å². The van der Waals surface area contributed by atoms with Gasteiger partial charge in [0.1, 0.15) is 0 Å². The van der Waals surface area contributed by atoms with Crippen LogP contribution < -0.4 is 0 Å². The van der Waals surface area contributed by atoms with Crippen LogP contribution in [0.15, 0.2) is 24.3 Å². The van der Waals surface area contributed by atoms with Gasteiger partial charge in [0.2, 0.25) is 0 Å². The molecule has 0 N–H and O–H groups in total. The van der Waals surface area contributed by atoms with Gasteiger partial charge in [-0.3, -0.25) is 9.59 Å². The van der Waals surface area contributed by atoms with E-state index < -0.39 is 5.97 Å². The van der Waals surface area contributed by atoms with Gasteiger partial charge in [-0.15, -0.1) is 0 Å². The number of benzene rings is 1. The van der Waals surface area contributed by atoms with Gasteiger partial charge < -0.3 is 14.4 Å². The van der Waals surface area contributed by atoms with Gasteiger partial charge in [-0.05, 0) is 31.0 Å². The standard InChI is InChI=1S/C16H19NO5/c1-21-15(19)11-6-8-17(9-7-11)14(18)12-4-3-5-13(10-12)16(20)22-2/h3-5,10-11H,6-9H2,1-2H3. The normalized spacial score (nSPS) is 15.3. The van der Waals surface area contributed by atoms with Crippen molar-refractivity contribution in [2.75, 3.05) is 27.3 Å². The van der Waals surface area contributed by atoms with E-state index in [-0.39, 0.29) is 17.8 Å². The Morgan fingerprint density at radius 1 is 1.05 bits per heavy atom. The number of esters is 2. The molecule has 1 amide bonds. The summed E-state index contributed by atoms with van der Waals surface area (Å²) >= 11 is 0. The number of methoxy groups -OCH3 is 2. The van der Waals surface area contributed by atoms with E-state index >= 15 is 0 Å². The lowest BCUT2D eigenvalue weighted by molar-refractivity contribution is -0.146. The van der Waals surface area contributed by atoms with E-state index in [0.717, 1.165) is 0 Å². The van der Waals surface area contributed by atoms with Crippen LogP contribution in [0.1, 0.15) is 33.6 Å². The first kappa shape index (κ1) is 16.0. The largest absolute Gasteiger partial charge is 0.469 e. The molecule has 1 aliphatic heterocycles. The van der Waals surface area contributed by atoms with Crippen LogP contribution in [0.25, 0.3) is 0 Å². The molecular formula is C16H19NO5. The van der Waals surface area contributed by atoms with Crippen LogP contribution in [0.3, 0.4) is 0 Å². The summed E-state index contributed by atoms with van der Waals surface area (Å²) in [5.74, 6) is -0.983. The fourth-order valence-corrected chi connectivity index (χ4v) is 2.56. The third kappa shape index (κ3) is 3.44. The summed E-state index contributed by atoms with van der Waals surface area (Å²) in [4.78, 5) is 37.2. The molecule has 6 heteroatoms. The lowest BCUT2D eigenvalue weighted by Gasteiger charge is -2.30. The molecule has 0 spiro atoms. The van der Waals surface area contributed by atoms with Gasteiger partial charge in [-0.1, -0.05) is 6.07 Å². The Bertz CT molecular complexity index is 576. The maximum absolute atomic E-state index is 12.5. The van der Waals surface area contributed by atoms with E-state index in [4.69, 9.17) is 4.74 Å². The van der Waals surface area contributed by atoms with Crippen molar-refractivity contribution in [3.8, 4) is 0 Å². The van der Waals surface area contributed by atoms with E-state index in [2.05, 4.69) is 4.74 Å². The third-order valence-electron chi connectivity index (χ3n) is 3.85. The molecule has 0 aliphatic carbocycles. The number of likely N-dealkylation sites (tertiary alicyclic amines) is 1. The molecule has 1 aromatic rings. The van der Waals surface area contributed by atoms with Crippen LogP contribution in [0.5, 0.6) is 0 Å². The highest BCUT2D eigenvalue weighted by Gasteiger charge is 2.28. The van der Waals surface area contributed by atoms with E-state index in [1.165, 1.54) is 20.3 Å². The highest BCUT2D eigenvalue weighted by Crippen LogP contribution is 2.20. The molecule has 0 atom stereocenters. The first-order chi connectivity index (χ1) is 10.6.